The first-order valence-corrected chi connectivity index (χ1v) is 7.50. The lowest BCUT2D eigenvalue weighted by molar-refractivity contribution is -0.298. The van der Waals surface area contributed by atoms with Gasteiger partial charge in [-0.2, -0.15) is 0 Å². The lowest BCUT2D eigenvalue weighted by Gasteiger charge is -2.41. The van der Waals surface area contributed by atoms with Crippen LogP contribution in [0.3, 0.4) is 0 Å². The van der Waals surface area contributed by atoms with Crippen LogP contribution in [-0.2, 0) is 14.2 Å². The van der Waals surface area contributed by atoms with Crippen LogP contribution in [0.4, 0.5) is 5.69 Å². The number of anilines is 1. The van der Waals surface area contributed by atoms with E-state index >= 15 is 0 Å². The zero-order valence-electron chi connectivity index (χ0n) is 13.1. The molecule has 0 bridgehead atoms. The molecule has 4 atom stereocenters. The van der Waals surface area contributed by atoms with Crippen molar-refractivity contribution in [1.82, 2.24) is 0 Å². The Bertz CT molecular complexity index is 532. The Morgan fingerprint density at radius 1 is 1.23 bits per heavy atom. The molecule has 0 aromatic heterocycles. The van der Waals surface area contributed by atoms with Crippen molar-refractivity contribution in [3.05, 3.63) is 29.8 Å². The van der Waals surface area contributed by atoms with Crippen molar-refractivity contribution in [3.63, 3.8) is 0 Å². The lowest BCUT2D eigenvalue weighted by Crippen LogP contribution is -2.62. The first kappa shape index (κ1) is 15.7. The van der Waals surface area contributed by atoms with Crippen molar-refractivity contribution in [3.8, 4) is 0 Å². The highest BCUT2D eigenvalue weighted by atomic mass is 16.8. The molecule has 0 saturated carbocycles. The highest BCUT2D eigenvalue weighted by Crippen LogP contribution is 2.37. The van der Waals surface area contributed by atoms with E-state index in [0.717, 1.165) is 11.3 Å². The number of benzene rings is 1. The Hall–Kier alpha value is -1.18. The molecule has 1 aromatic carbocycles. The third-order valence-electron chi connectivity index (χ3n) is 4.09. The van der Waals surface area contributed by atoms with E-state index in [1.165, 1.54) is 0 Å². The summed E-state index contributed by atoms with van der Waals surface area (Å²) in [6, 6.07) is 7.76. The first-order valence-electron chi connectivity index (χ1n) is 7.50. The van der Waals surface area contributed by atoms with Gasteiger partial charge in [0.25, 0.3) is 0 Å². The van der Waals surface area contributed by atoms with Gasteiger partial charge in [-0.05, 0) is 32.9 Å². The van der Waals surface area contributed by atoms with E-state index in [2.05, 4.69) is 5.32 Å². The Labute approximate surface area is 130 Å². The van der Waals surface area contributed by atoms with E-state index < -0.39 is 23.8 Å². The van der Waals surface area contributed by atoms with Crippen LogP contribution in [0.15, 0.2) is 24.3 Å². The topological polar surface area (TPSA) is 80.2 Å². The predicted octanol–water partition coefficient (Wildman–Crippen LogP) is 1.01. The maximum Gasteiger partial charge on any atom is 0.212 e. The Balaban J connectivity index is 1.66. The molecule has 0 amide bonds. The number of aliphatic hydroxyl groups excluding tert-OH is 1. The maximum absolute atomic E-state index is 10.6. The van der Waals surface area contributed by atoms with Crippen LogP contribution in [-0.4, -0.2) is 53.3 Å². The maximum atomic E-state index is 10.6. The van der Waals surface area contributed by atoms with Gasteiger partial charge in [0.15, 0.2) is 5.79 Å². The molecule has 3 rings (SSSR count). The minimum absolute atomic E-state index is 0.0598. The van der Waals surface area contributed by atoms with Crippen molar-refractivity contribution >= 4 is 5.69 Å². The number of nitrogens with one attached hydrogen (secondary N) is 1. The van der Waals surface area contributed by atoms with Gasteiger partial charge in [-0.25, -0.2) is 0 Å². The monoisotopic (exact) mass is 309 g/mol. The number of ether oxygens (including phenoxy) is 3. The Morgan fingerprint density at radius 3 is 2.59 bits per heavy atom. The van der Waals surface area contributed by atoms with Crippen molar-refractivity contribution in [2.75, 3.05) is 18.5 Å². The van der Waals surface area contributed by atoms with Gasteiger partial charge in [0, 0.05) is 5.69 Å². The summed E-state index contributed by atoms with van der Waals surface area (Å²) in [6.07, 6.45) is -2.16. The summed E-state index contributed by atoms with van der Waals surface area (Å²) in [7, 11) is 0. The summed E-state index contributed by atoms with van der Waals surface area (Å²) < 4.78 is 16.8. The second-order valence-electron chi connectivity index (χ2n) is 6.46. The molecule has 2 saturated heterocycles. The number of fused-ring (bicyclic) bond motifs is 1. The summed E-state index contributed by atoms with van der Waals surface area (Å²) in [5.41, 5.74) is 2.00. The van der Waals surface area contributed by atoms with Gasteiger partial charge in [-0.3, -0.25) is 0 Å². The van der Waals surface area contributed by atoms with Gasteiger partial charge in [0.1, 0.15) is 18.3 Å². The quantitative estimate of drug-likeness (QED) is 0.773. The van der Waals surface area contributed by atoms with Crippen LogP contribution in [0, 0.1) is 6.92 Å². The normalized spacial score (nSPS) is 36.9. The third-order valence-corrected chi connectivity index (χ3v) is 4.09. The SMILES string of the molecule is Cc1ccc(NC[C@@]2(O)OC[C@H]3OC(C)(C)OC3[C@@H]2O)cc1. The molecular formula is C16H23NO5. The zero-order valence-corrected chi connectivity index (χ0v) is 13.1. The predicted molar refractivity (Wildman–Crippen MR) is 80.4 cm³/mol. The first-order chi connectivity index (χ1) is 10.3. The molecule has 1 aromatic rings. The molecule has 3 N–H and O–H groups in total. The summed E-state index contributed by atoms with van der Waals surface area (Å²) in [5, 5.41) is 24.1. The van der Waals surface area contributed by atoms with Crippen molar-refractivity contribution in [2.45, 2.75) is 50.7 Å². The van der Waals surface area contributed by atoms with E-state index in [9.17, 15) is 10.2 Å². The van der Waals surface area contributed by atoms with E-state index in [0.29, 0.717) is 0 Å². The molecule has 122 valence electrons. The molecule has 6 heteroatoms. The number of rotatable bonds is 3. The van der Waals surface area contributed by atoms with Gasteiger partial charge in [0.2, 0.25) is 5.79 Å². The molecule has 0 radical (unpaired) electrons. The summed E-state index contributed by atoms with van der Waals surface area (Å²) >= 11 is 0. The van der Waals surface area contributed by atoms with Crippen LogP contribution in [0.25, 0.3) is 0 Å². The van der Waals surface area contributed by atoms with Crippen LogP contribution in [0.1, 0.15) is 19.4 Å². The highest BCUT2D eigenvalue weighted by Gasteiger charge is 2.56. The molecule has 2 aliphatic rings. The molecule has 1 unspecified atom stereocenters. The Morgan fingerprint density at radius 2 is 1.91 bits per heavy atom. The number of hydrogen-bond donors (Lipinski definition) is 3. The Kier molecular flexibility index (Phi) is 3.91. The minimum atomic E-state index is -1.71. The summed E-state index contributed by atoms with van der Waals surface area (Å²) in [4.78, 5) is 0. The van der Waals surface area contributed by atoms with E-state index in [1.54, 1.807) is 13.8 Å². The minimum Gasteiger partial charge on any atom is -0.385 e. The molecule has 2 aliphatic heterocycles. The van der Waals surface area contributed by atoms with Crippen LogP contribution in [0.2, 0.25) is 0 Å². The summed E-state index contributed by atoms with van der Waals surface area (Å²) in [5.74, 6) is -2.49. The third kappa shape index (κ3) is 2.98. The van der Waals surface area contributed by atoms with Crippen molar-refractivity contribution in [2.24, 2.45) is 0 Å². The molecule has 0 aliphatic carbocycles. The number of aryl methyl sites for hydroxylation is 1. The lowest BCUT2D eigenvalue weighted by atomic mass is 9.97. The second kappa shape index (κ2) is 5.47. The van der Waals surface area contributed by atoms with E-state index in [-0.39, 0.29) is 19.3 Å². The fourth-order valence-electron chi connectivity index (χ4n) is 2.88. The average Bonchev–Trinajstić information content (AvgIpc) is 2.78. The van der Waals surface area contributed by atoms with Crippen LogP contribution in [0.5, 0.6) is 0 Å². The van der Waals surface area contributed by atoms with E-state index in [4.69, 9.17) is 14.2 Å². The van der Waals surface area contributed by atoms with Gasteiger partial charge in [-0.1, -0.05) is 17.7 Å². The van der Waals surface area contributed by atoms with Crippen LogP contribution < -0.4 is 5.32 Å². The number of hydrogen-bond acceptors (Lipinski definition) is 6. The van der Waals surface area contributed by atoms with Gasteiger partial charge in [-0.15, -0.1) is 0 Å². The number of aliphatic hydroxyl groups is 2. The second-order valence-corrected chi connectivity index (χ2v) is 6.46. The van der Waals surface area contributed by atoms with Gasteiger partial charge in [0.05, 0.1) is 13.2 Å². The fourth-order valence-corrected chi connectivity index (χ4v) is 2.88. The molecule has 0 spiro atoms. The molecular weight excluding hydrogens is 286 g/mol. The van der Waals surface area contributed by atoms with Crippen molar-refractivity contribution < 1.29 is 24.4 Å². The summed E-state index contributed by atoms with van der Waals surface area (Å²) in [6.45, 7) is 5.80. The smallest absolute Gasteiger partial charge is 0.212 e. The molecule has 2 fully saturated rings. The molecule has 2 heterocycles. The van der Waals surface area contributed by atoms with E-state index in [1.807, 2.05) is 31.2 Å². The largest absolute Gasteiger partial charge is 0.385 e. The highest BCUT2D eigenvalue weighted by molar-refractivity contribution is 5.44. The van der Waals surface area contributed by atoms with Crippen LogP contribution >= 0.6 is 0 Å². The average molecular weight is 309 g/mol. The standard InChI is InChI=1S/C16H23NO5/c1-10-4-6-11(7-5-10)17-9-16(19)14(18)13-12(8-20-16)21-15(2,3)22-13/h4-7,12-14,17-19H,8-9H2,1-3H3/t12-,13?,14+,16-/m1/s1. The fraction of sp³-hybridized carbons (Fsp3) is 0.625. The zero-order chi connectivity index (χ0) is 16.0. The van der Waals surface area contributed by atoms with Gasteiger partial charge >= 0.3 is 0 Å². The molecule has 6 nitrogen and oxygen atoms in total. The van der Waals surface area contributed by atoms with Crippen molar-refractivity contribution in [1.29, 1.82) is 0 Å². The molecule has 22 heavy (non-hydrogen) atoms. The van der Waals surface area contributed by atoms with Gasteiger partial charge < -0.3 is 29.7 Å².